The van der Waals surface area contributed by atoms with E-state index in [2.05, 4.69) is 10.6 Å². The van der Waals surface area contributed by atoms with E-state index >= 15 is 0 Å². The summed E-state index contributed by atoms with van der Waals surface area (Å²) < 4.78 is 10.8. The number of amides is 2. The Morgan fingerprint density at radius 3 is 2.46 bits per heavy atom. The number of hydrogen-bond acceptors (Lipinski definition) is 4. The number of urea groups is 1. The van der Waals surface area contributed by atoms with Crippen molar-refractivity contribution in [3.63, 3.8) is 0 Å². The Balaban J connectivity index is 1.54. The average molecular weight is 378 g/mol. The molecule has 28 heavy (non-hydrogen) atoms. The molecule has 0 bridgehead atoms. The van der Waals surface area contributed by atoms with E-state index in [1.54, 1.807) is 42.5 Å². The highest BCUT2D eigenvalue weighted by Gasteiger charge is 2.09. The first kappa shape index (κ1) is 19.1. The summed E-state index contributed by atoms with van der Waals surface area (Å²) in [4.78, 5) is 12.1. The Kier molecular flexibility index (Phi) is 6.01. The monoisotopic (exact) mass is 378 g/mol. The summed E-state index contributed by atoms with van der Waals surface area (Å²) in [5, 5.41) is 15.5. The van der Waals surface area contributed by atoms with Crippen molar-refractivity contribution in [2.45, 2.75) is 13.5 Å². The zero-order valence-electron chi connectivity index (χ0n) is 15.7. The number of phenolic OH excluding ortho intramolecular Hbond substituents is 1. The molecule has 3 aromatic rings. The fraction of sp³-hybridized carbons (Fsp3) is 0.136. The average Bonchev–Trinajstić information content (AvgIpc) is 2.69. The molecule has 0 heterocycles. The number of nitrogens with one attached hydrogen (secondary N) is 2. The van der Waals surface area contributed by atoms with Crippen molar-refractivity contribution in [2.24, 2.45) is 0 Å². The van der Waals surface area contributed by atoms with Crippen LogP contribution in [0.4, 0.5) is 10.5 Å². The standard InChI is InChI=1S/C22H22N2O4/c1-15-5-3-7-19(13-15)28-18-11-9-17(10-12-18)24-22(26)23-14-16-6-4-8-20(27-2)21(16)25/h3-13,25H,14H2,1-2H3,(H2,23,24,26). The van der Waals surface area contributed by atoms with E-state index < -0.39 is 0 Å². The molecule has 0 spiro atoms. The molecule has 144 valence electrons. The number of ether oxygens (including phenoxy) is 2. The van der Waals surface area contributed by atoms with Crippen molar-refractivity contribution >= 4 is 11.7 Å². The lowest BCUT2D eigenvalue weighted by atomic mass is 10.2. The van der Waals surface area contributed by atoms with Crippen LogP contribution in [-0.2, 0) is 6.54 Å². The minimum absolute atomic E-state index is 0.0166. The third kappa shape index (κ3) is 4.94. The molecule has 0 aliphatic heterocycles. The number of carbonyl (C=O) groups excluding carboxylic acids is 1. The minimum Gasteiger partial charge on any atom is -0.504 e. The van der Waals surface area contributed by atoms with Crippen molar-refractivity contribution in [1.82, 2.24) is 5.32 Å². The van der Waals surface area contributed by atoms with Gasteiger partial charge in [0.2, 0.25) is 0 Å². The highest BCUT2D eigenvalue weighted by Crippen LogP contribution is 2.29. The minimum atomic E-state index is -0.380. The largest absolute Gasteiger partial charge is 0.504 e. The molecule has 6 heteroatoms. The van der Waals surface area contributed by atoms with E-state index in [0.717, 1.165) is 11.3 Å². The summed E-state index contributed by atoms with van der Waals surface area (Å²) in [5.74, 6) is 1.82. The highest BCUT2D eigenvalue weighted by molar-refractivity contribution is 5.89. The van der Waals surface area contributed by atoms with E-state index in [0.29, 0.717) is 22.7 Å². The molecule has 0 radical (unpaired) electrons. The lowest BCUT2D eigenvalue weighted by Crippen LogP contribution is -2.28. The smallest absolute Gasteiger partial charge is 0.319 e. The summed E-state index contributed by atoms with van der Waals surface area (Å²) in [6.45, 7) is 2.17. The number of aryl methyl sites for hydroxylation is 1. The molecule has 3 rings (SSSR count). The number of para-hydroxylation sites is 1. The molecule has 0 saturated heterocycles. The van der Waals surface area contributed by atoms with Gasteiger partial charge in [-0.1, -0.05) is 24.3 Å². The van der Waals surface area contributed by atoms with Gasteiger partial charge in [-0.2, -0.15) is 0 Å². The summed E-state index contributed by atoms with van der Waals surface area (Å²) in [7, 11) is 1.48. The summed E-state index contributed by atoms with van der Waals surface area (Å²) in [5.41, 5.74) is 2.31. The Morgan fingerprint density at radius 1 is 1.00 bits per heavy atom. The second-order valence-electron chi connectivity index (χ2n) is 6.22. The molecule has 0 saturated carbocycles. The van der Waals surface area contributed by atoms with E-state index in [1.807, 2.05) is 31.2 Å². The van der Waals surface area contributed by atoms with Crippen LogP contribution in [0.1, 0.15) is 11.1 Å². The van der Waals surface area contributed by atoms with Gasteiger partial charge < -0.3 is 25.2 Å². The van der Waals surface area contributed by atoms with Crippen LogP contribution in [0.15, 0.2) is 66.7 Å². The number of aromatic hydroxyl groups is 1. The number of hydrogen-bond donors (Lipinski definition) is 3. The highest BCUT2D eigenvalue weighted by atomic mass is 16.5. The van der Waals surface area contributed by atoms with Gasteiger partial charge in [0, 0.05) is 17.8 Å². The third-order valence-corrected chi connectivity index (χ3v) is 4.08. The Bertz CT molecular complexity index is 955. The molecule has 0 aliphatic rings. The van der Waals surface area contributed by atoms with Crippen molar-refractivity contribution < 1.29 is 19.4 Å². The SMILES string of the molecule is COc1cccc(CNC(=O)Nc2ccc(Oc3cccc(C)c3)cc2)c1O. The van der Waals surface area contributed by atoms with Crippen molar-refractivity contribution in [2.75, 3.05) is 12.4 Å². The predicted molar refractivity (Wildman–Crippen MR) is 108 cm³/mol. The number of methoxy groups -OCH3 is 1. The zero-order chi connectivity index (χ0) is 19.9. The van der Waals surface area contributed by atoms with Gasteiger partial charge in [-0.05, 0) is 55.0 Å². The fourth-order valence-electron chi connectivity index (χ4n) is 2.65. The second-order valence-corrected chi connectivity index (χ2v) is 6.22. The first-order valence-electron chi connectivity index (χ1n) is 8.79. The topological polar surface area (TPSA) is 79.8 Å². The fourth-order valence-corrected chi connectivity index (χ4v) is 2.65. The molecule has 0 unspecified atom stereocenters. The van der Waals surface area contributed by atoms with Crippen LogP contribution in [0.3, 0.4) is 0 Å². The van der Waals surface area contributed by atoms with Crippen LogP contribution in [0, 0.1) is 6.92 Å². The van der Waals surface area contributed by atoms with Gasteiger partial charge in [-0.25, -0.2) is 4.79 Å². The van der Waals surface area contributed by atoms with Crippen LogP contribution >= 0.6 is 0 Å². The third-order valence-electron chi connectivity index (χ3n) is 4.08. The molecule has 0 atom stereocenters. The van der Waals surface area contributed by atoms with Gasteiger partial charge in [0.15, 0.2) is 11.5 Å². The first-order chi connectivity index (χ1) is 13.5. The van der Waals surface area contributed by atoms with Crippen molar-refractivity contribution in [3.05, 3.63) is 77.9 Å². The molecule has 0 aromatic heterocycles. The quantitative estimate of drug-likeness (QED) is 0.574. The molecular formula is C22H22N2O4. The first-order valence-corrected chi connectivity index (χ1v) is 8.79. The van der Waals surface area contributed by atoms with Gasteiger partial charge in [-0.3, -0.25) is 0 Å². The van der Waals surface area contributed by atoms with E-state index in [1.165, 1.54) is 7.11 Å². The maximum absolute atomic E-state index is 12.1. The van der Waals surface area contributed by atoms with Crippen LogP contribution in [0.5, 0.6) is 23.0 Å². The number of anilines is 1. The molecule has 0 aliphatic carbocycles. The normalized spacial score (nSPS) is 10.2. The van der Waals surface area contributed by atoms with Crippen LogP contribution < -0.4 is 20.1 Å². The molecular weight excluding hydrogens is 356 g/mol. The predicted octanol–water partition coefficient (Wildman–Crippen LogP) is 4.82. The van der Waals surface area contributed by atoms with Crippen LogP contribution in [-0.4, -0.2) is 18.2 Å². The van der Waals surface area contributed by atoms with Gasteiger partial charge >= 0.3 is 6.03 Å². The number of benzene rings is 3. The van der Waals surface area contributed by atoms with Gasteiger partial charge in [0.1, 0.15) is 11.5 Å². The van der Waals surface area contributed by atoms with Crippen molar-refractivity contribution in [1.29, 1.82) is 0 Å². The van der Waals surface area contributed by atoms with E-state index in [-0.39, 0.29) is 18.3 Å². The zero-order valence-corrected chi connectivity index (χ0v) is 15.7. The van der Waals surface area contributed by atoms with Crippen LogP contribution in [0.25, 0.3) is 0 Å². The summed E-state index contributed by atoms with van der Waals surface area (Å²) in [6, 6.07) is 19.6. The molecule has 3 aromatic carbocycles. The Hall–Kier alpha value is -3.67. The van der Waals surface area contributed by atoms with Crippen LogP contribution in [0.2, 0.25) is 0 Å². The maximum atomic E-state index is 12.1. The Labute approximate surface area is 163 Å². The molecule has 2 amide bonds. The Morgan fingerprint density at radius 2 is 1.75 bits per heavy atom. The lowest BCUT2D eigenvalue weighted by molar-refractivity contribution is 0.251. The number of rotatable bonds is 6. The number of carbonyl (C=O) groups is 1. The van der Waals surface area contributed by atoms with E-state index in [4.69, 9.17) is 9.47 Å². The second kappa shape index (κ2) is 8.81. The van der Waals surface area contributed by atoms with E-state index in [9.17, 15) is 9.90 Å². The van der Waals surface area contributed by atoms with Gasteiger partial charge in [0.05, 0.1) is 7.11 Å². The summed E-state index contributed by atoms with van der Waals surface area (Å²) >= 11 is 0. The number of phenols is 1. The summed E-state index contributed by atoms with van der Waals surface area (Å²) in [6.07, 6.45) is 0. The molecule has 6 nitrogen and oxygen atoms in total. The lowest BCUT2D eigenvalue weighted by Gasteiger charge is -2.11. The molecule has 3 N–H and O–H groups in total. The van der Waals surface area contributed by atoms with Gasteiger partial charge in [-0.15, -0.1) is 0 Å². The molecule has 0 fully saturated rings. The maximum Gasteiger partial charge on any atom is 0.319 e. The van der Waals surface area contributed by atoms with Gasteiger partial charge in [0.25, 0.3) is 0 Å². The van der Waals surface area contributed by atoms with Crippen molar-refractivity contribution in [3.8, 4) is 23.0 Å².